The number of hydrogen-bond acceptors (Lipinski definition) is 5. The lowest BCUT2D eigenvalue weighted by molar-refractivity contribution is -0.181. The topological polar surface area (TPSA) is 72.8 Å². The van der Waals surface area contributed by atoms with Crippen LogP contribution in [0.4, 0.5) is 0 Å². The number of carbonyl (C=O) groups excluding carboxylic acids is 2. The third-order valence-electron chi connectivity index (χ3n) is 2.29. The number of aliphatic hydroxyl groups is 1. The van der Waals surface area contributed by atoms with Crippen LogP contribution in [-0.2, 0) is 19.1 Å². The van der Waals surface area contributed by atoms with Gasteiger partial charge in [0.1, 0.15) is 11.9 Å². The third kappa shape index (κ3) is 3.97. The SMILES string of the molecule is CO[C@](C)(CC=O)[C@@H](OC(C)=O)[C@H](C)O. The summed E-state index contributed by atoms with van der Waals surface area (Å²) in [6.07, 6.45) is -1.04. The molecular formula is C10H18O5. The molecule has 0 radical (unpaired) electrons. The minimum atomic E-state index is -0.998. The van der Waals surface area contributed by atoms with Crippen LogP contribution in [0.25, 0.3) is 0 Å². The Kier molecular flexibility index (Phi) is 5.46. The molecule has 0 aliphatic heterocycles. The lowest BCUT2D eigenvalue weighted by Crippen LogP contribution is -2.50. The zero-order valence-electron chi connectivity index (χ0n) is 9.52. The van der Waals surface area contributed by atoms with Gasteiger partial charge in [-0.15, -0.1) is 0 Å². The highest BCUT2D eigenvalue weighted by Gasteiger charge is 2.39. The molecule has 1 N–H and O–H groups in total. The third-order valence-corrected chi connectivity index (χ3v) is 2.29. The van der Waals surface area contributed by atoms with Crippen molar-refractivity contribution in [3.05, 3.63) is 0 Å². The van der Waals surface area contributed by atoms with Crippen molar-refractivity contribution in [2.75, 3.05) is 7.11 Å². The summed E-state index contributed by atoms with van der Waals surface area (Å²) in [7, 11) is 1.41. The summed E-state index contributed by atoms with van der Waals surface area (Å²) in [6.45, 7) is 4.34. The molecule has 0 fully saturated rings. The van der Waals surface area contributed by atoms with Gasteiger partial charge in [0.05, 0.1) is 6.10 Å². The van der Waals surface area contributed by atoms with Crippen LogP contribution in [0.3, 0.4) is 0 Å². The van der Waals surface area contributed by atoms with E-state index in [1.54, 1.807) is 6.92 Å². The lowest BCUT2D eigenvalue weighted by atomic mass is 9.92. The number of aldehydes is 1. The van der Waals surface area contributed by atoms with Gasteiger partial charge in [-0.05, 0) is 13.8 Å². The van der Waals surface area contributed by atoms with Crippen LogP contribution in [0.2, 0.25) is 0 Å². The molecule has 0 aromatic heterocycles. The second-order valence-corrected chi connectivity index (χ2v) is 3.66. The summed E-state index contributed by atoms with van der Waals surface area (Å²) in [4.78, 5) is 21.3. The quantitative estimate of drug-likeness (QED) is 0.512. The number of rotatable bonds is 6. The first-order valence-electron chi connectivity index (χ1n) is 4.71. The Morgan fingerprint density at radius 3 is 2.40 bits per heavy atom. The predicted molar refractivity (Wildman–Crippen MR) is 53.3 cm³/mol. The molecule has 0 spiro atoms. The zero-order chi connectivity index (χ0) is 12.1. The van der Waals surface area contributed by atoms with Crippen LogP contribution in [0.15, 0.2) is 0 Å². The summed E-state index contributed by atoms with van der Waals surface area (Å²) in [6, 6.07) is 0. The van der Waals surface area contributed by atoms with Gasteiger partial charge in [-0.3, -0.25) is 4.79 Å². The smallest absolute Gasteiger partial charge is 0.303 e. The molecule has 0 aliphatic rings. The molecule has 0 amide bonds. The van der Waals surface area contributed by atoms with E-state index in [9.17, 15) is 14.7 Å². The molecular weight excluding hydrogens is 200 g/mol. The number of ether oxygens (including phenoxy) is 2. The fourth-order valence-electron chi connectivity index (χ4n) is 1.39. The molecule has 0 saturated heterocycles. The second kappa shape index (κ2) is 5.82. The highest BCUT2D eigenvalue weighted by Crippen LogP contribution is 2.24. The van der Waals surface area contributed by atoms with Crippen LogP contribution >= 0.6 is 0 Å². The van der Waals surface area contributed by atoms with Crippen LogP contribution in [0.5, 0.6) is 0 Å². The molecule has 0 aromatic carbocycles. The predicted octanol–water partition coefficient (Wildman–Crippen LogP) is 0.293. The van der Waals surface area contributed by atoms with Crippen molar-refractivity contribution in [1.82, 2.24) is 0 Å². The summed E-state index contributed by atoms with van der Waals surface area (Å²) < 4.78 is 10.1. The van der Waals surface area contributed by atoms with Crippen molar-refractivity contribution in [2.45, 2.75) is 45.0 Å². The fraction of sp³-hybridized carbons (Fsp3) is 0.800. The van der Waals surface area contributed by atoms with Crippen molar-refractivity contribution in [1.29, 1.82) is 0 Å². The zero-order valence-corrected chi connectivity index (χ0v) is 9.52. The molecule has 3 atom stereocenters. The molecule has 0 heterocycles. The average Bonchev–Trinajstić information content (AvgIpc) is 2.13. The normalized spacial score (nSPS) is 18.7. The van der Waals surface area contributed by atoms with Gasteiger partial charge in [0.2, 0.25) is 0 Å². The van der Waals surface area contributed by atoms with Gasteiger partial charge in [0.25, 0.3) is 0 Å². The van der Waals surface area contributed by atoms with Crippen molar-refractivity contribution < 1.29 is 24.2 Å². The Bertz CT molecular complexity index is 226. The molecule has 0 saturated carbocycles. The van der Waals surface area contributed by atoms with E-state index in [-0.39, 0.29) is 6.42 Å². The van der Waals surface area contributed by atoms with E-state index in [1.165, 1.54) is 21.0 Å². The first-order chi connectivity index (χ1) is 6.87. The summed E-state index contributed by atoms with van der Waals surface area (Å²) in [5.41, 5.74) is -0.998. The van der Waals surface area contributed by atoms with Crippen LogP contribution in [0, 0.1) is 0 Å². The minimum absolute atomic E-state index is 0.0480. The highest BCUT2D eigenvalue weighted by molar-refractivity contribution is 5.66. The minimum Gasteiger partial charge on any atom is -0.457 e. The van der Waals surface area contributed by atoms with Gasteiger partial charge in [-0.1, -0.05) is 0 Å². The maximum absolute atomic E-state index is 10.8. The van der Waals surface area contributed by atoms with Gasteiger partial charge in [-0.2, -0.15) is 0 Å². The van der Waals surface area contributed by atoms with Crippen molar-refractivity contribution in [3.8, 4) is 0 Å². The van der Waals surface area contributed by atoms with Crippen molar-refractivity contribution >= 4 is 12.3 Å². The van der Waals surface area contributed by atoms with Gasteiger partial charge in [0.15, 0.2) is 6.10 Å². The first kappa shape index (κ1) is 14.1. The second-order valence-electron chi connectivity index (χ2n) is 3.66. The largest absolute Gasteiger partial charge is 0.457 e. The van der Waals surface area contributed by atoms with E-state index in [1.807, 2.05) is 0 Å². The molecule has 5 nitrogen and oxygen atoms in total. The molecule has 88 valence electrons. The maximum Gasteiger partial charge on any atom is 0.303 e. The lowest BCUT2D eigenvalue weighted by Gasteiger charge is -2.35. The van der Waals surface area contributed by atoms with Crippen molar-refractivity contribution in [3.63, 3.8) is 0 Å². The molecule has 0 bridgehead atoms. The monoisotopic (exact) mass is 218 g/mol. The Hall–Kier alpha value is -0.940. The van der Waals surface area contributed by atoms with E-state index < -0.39 is 23.8 Å². The van der Waals surface area contributed by atoms with Crippen LogP contribution in [-0.4, -0.2) is 42.3 Å². The van der Waals surface area contributed by atoms with E-state index >= 15 is 0 Å². The molecule has 0 rings (SSSR count). The summed E-state index contributed by atoms with van der Waals surface area (Å²) in [5, 5.41) is 9.48. The number of hydrogen-bond donors (Lipinski definition) is 1. The van der Waals surface area contributed by atoms with Gasteiger partial charge in [-0.25, -0.2) is 0 Å². The van der Waals surface area contributed by atoms with E-state index in [2.05, 4.69) is 0 Å². The van der Waals surface area contributed by atoms with Crippen molar-refractivity contribution in [2.24, 2.45) is 0 Å². The maximum atomic E-state index is 10.8. The summed E-state index contributed by atoms with van der Waals surface area (Å²) >= 11 is 0. The number of esters is 1. The number of aliphatic hydroxyl groups excluding tert-OH is 1. The van der Waals surface area contributed by atoms with Gasteiger partial charge < -0.3 is 19.4 Å². The van der Waals surface area contributed by atoms with Crippen LogP contribution < -0.4 is 0 Å². The van der Waals surface area contributed by atoms with E-state index in [4.69, 9.17) is 9.47 Å². The standard InChI is InChI=1S/C10H18O5/c1-7(12)9(15-8(2)13)10(3,14-4)5-6-11/h6-7,9,12H,5H2,1-4H3/t7-,9-,10+/m0/s1. The van der Waals surface area contributed by atoms with Gasteiger partial charge in [0, 0.05) is 20.5 Å². The Labute approximate surface area is 89.4 Å². The number of methoxy groups -OCH3 is 1. The van der Waals surface area contributed by atoms with E-state index in [0.29, 0.717) is 6.29 Å². The molecule has 0 aliphatic carbocycles. The number of carbonyl (C=O) groups is 2. The Balaban J connectivity index is 4.83. The average molecular weight is 218 g/mol. The Morgan fingerprint density at radius 1 is 1.60 bits per heavy atom. The molecule has 5 heteroatoms. The fourth-order valence-corrected chi connectivity index (χ4v) is 1.39. The van der Waals surface area contributed by atoms with Crippen LogP contribution in [0.1, 0.15) is 27.2 Å². The van der Waals surface area contributed by atoms with E-state index in [0.717, 1.165) is 0 Å². The first-order valence-corrected chi connectivity index (χ1v) is 4.71. The molecule has 0 aromatic rings. The highest BCUT2D eigenvalue weighted by atomic mass is 16.6. The molecule has 15 heavy (non-hydrogen) atoms. The summed E-state index contributed by atoms with van der Waals surface area (Å²) in [5.74, 6) is -0.518. The van der Waals surface area contributed by atoms with Gasteiger partial charge >= 0.3 is 5.97 Å². The Morgan fingerprint density at radius 2 is 2.13 bits per heavy atom. The molecule has 0 unspecified atom stereocenters.